The van der Waals surface area contributed by atoms with Crippen molar-refractivity contribution in [1.29, 1.82) is 0 Å². The van der Waals surface area contributed by atoms with Crippen LogP contribution in [-0.4, -0.2) is 20.9 Å². The first-order valence-corrected chi connectivity index (χ1v) is 4.87. The van der Waals surface area contributed by atoms with Gasteiger partial charge in [0.2, 0.25) is 5.78 Å². The molecule has 0 aliphatic heterocycles. The van der Waals surface area contributed by atoms with Crippen molar-refractivity contribution in [2.24, 2.45) is 5.73 Å². The summed E-state index contributed by atoms with van der Waals surface area (Å²) in [5.41, 5.74) is 6.56. The second kappa shape index (κ2) is 3.94. The van der Waals surface area contributed by atoms with Gasteiger partial charge >= 0.3 is 0 Å². The van der Waals surface area contributed by atoms with Crippen LogP contribution in [0.2, 0.25) is 5.15 Å². The topological polar surface area (TPSA) is 56.2 Å². The van der Waals surface area contributed by atoms with Crippen molar-refractivity contribution >= 4 is 17.4 Å². The summed E-state index contributed by atoms with van der Waals surface area (Å²) >= 11 is 5.86. The molecule has 0 bridgehead atoms. The van der Waals surface area contributed by atoms with Crippen molar-refractivity contribution in [2.75, 3.05) is 6.54 Å². The van der Waals surface area contributed by atoms with Gasteiger partial charge in [0, 0.05) is 18.1 Å². The molecule has 0 saturated heterocycles. The number of aromatic nitrogens is 3. The number of halogens is 1. The van der Waals surface area contributed by atoms with Crippen LogP contribution in [-0.2, 0) is 6.42 Å². The Morgan fingerprint density at radius 3 is 3.14 bits per heavy atom. The van der Waals surface area contributed by atoms with E-state index in [1.54, 1.807) is 6.20 Å². The summed E-state index contributed by atoms with van der Waals surface area (Å²) in [4.78, 5) is 8.17. The van der Waals surface area contributed by atoms with Crippen molar-refractivity contribution in [2.45, 2.75) is 12.8 Å². The second-order valence-corrected chi connectivity index (χ2v) is 3.45. The van der Waals surface area contributed by atoms with Crippen LogP contribution in [0.25, 0.3) is 5.78 Å². The summed E-state index contributed by atoms with van der Waals surface area (Å²) in [5, 5.41) is 0.482. The van der Waals surface area contributed by atoms with Gasteiger partial charge in [0.25, 0.3) is 0 Å². The zero-order valence-corrected chi connectivity index (χ0v) is 8.41. The molecule has 2 aromatic rings. The van der Waals surface area contributed by atoms with Gasteiger partial charge in [0.05, 0.1) is 0 Å². The van der Waals surface area contributed by atoms with Crippen molar-refractivity contribution in [3.05, 3.63) is 29.3 Å². The fourth-order valence-corrected chi connectivity index (χ4v) is 1.61. The maximum atomic E-state index is 5.86. The zero-order valence-electron chi connectivity index (χ0n) is 7.65. The van der Waals surface area contributed by atoms with Crippen molar-refractivity contribution in [3.8, 4) is 0 Å². The molecule has 0 unspecified atom stereocenters. The fraction of sp³-hybridized carbons (Fsp3) is 0.333. The van der Waals surface area contributed by atoms with Crippen LogP contribution < -0.4 is 5.73 Å². The SMILES string of the molecule is NCCCc1cc(Cl)nc2nccn12. The average Bonchev–Trinajstić information content (AvgIpc) is 2.61. The Morgan fingerprint density at radius 2 is 2.36 bits per heavy atom. The minimum atomic E-state index is 0.482. The molecule has 2 heterocycles. The molecule has 0 aliphatic carbocycles. The molecule has 0 saturated carbocycles. The number of hydrogen-bond acceptors (Lipinski definition) is 3. The van der Waals surface area contributed by atoms with Crippen LogP contribution in [0, 0.1) is 0 Å². The predicted octanol–water partition coefficient (Wildman–Crippen LogP) is 1.27. The van der Waals surface area contributed by atoms with Gasteiger partial charge in [0.1, 0.15) is 5.15 Å². The molecule has 0 radical (unpaired) electrons. The monoisotopic (exact) mass is 210 g/mol. The van der Waals surface area contributed by atoms with Crippen LogP contribution in [0.1, 0.15) is 12.1 Å². The number of nitrogens with two attached hydrogens (primary N) is 1. The lowest BCUT2D eigenvalue weighted by atomic mass is 10.2. The summed E-state index contributed by atoms with van der Waals surface area (Å²) in [7, 11) is 0. The number of nitrogens with zero attached hydrogens (tertiary/aromatic N) is 3. The van der Waals surface area contributed by atoms with E-state index >= 15 is 0 Å². The Kier molecular flexibility index (Phi) is 2.65. The van der Waals surface area contributed by atoms with Gasteiger partial charge in [-0.25, -0.2) is 9.97 Å². The molecular formula is C9H11ClN4. The summed E-state index contributed by atoms with van der Waals surface area (Å²) in [5.74, 6) is 0.643. The smallest absolute Gasteiger partial charge is 0.235 e. The molecule has 74 valence electrons. The lowest BCUT2D eigenvalue weighted by Crippen LogP contribution is -2.04. The first-order chi connectivity index (χ1) is 6.81. The minimum Gasteiger partial charge on any atom is -0.330 e. The number of fused-ring (bicyclic) bond motifs is 1. The largest absolute Gasteiger partial charge is 0.330 e. The summed E-state index contributed by atoms with van der Waals surface area (Å²) in [6.07, 6.45) is 5.42. The van der Waals surface area contributed by atoms with E-state index in [1.807, 2.05) is 16.7 Å². The van der Waals surface area contributed by atoms with Crippen LogP contribution >= 0.6 is 11.6 Å². The first-order valence-electron chi connectivity index (χ1n) is 4.50. The Bertz CT molecular complexity index is 437. The fourth-order valence-electron chi connectivity index (χ4n) is 1.41. The summed E-state index contributed by atoms with van der Waals surface area (Å²) in [6, 6.07) is 1.85. The number of hydrogen-bond donors (Lipinski definition) is 1. The van der Waals surface area contributed by atoms with E-state index in [-0.39, 0.29) is 0 Å². The van der Waals surface area contributed by atoms with Gasteiger partial charge in [-0.15, -0.1) is 0 Å². The highest BCUT2D eigenvalue weighted by molar-refractivity contribution is 6.29. The van der Waals surface area contributed by atoms with Gasteiger partial charge in [0.15, 0.2) is 0 Å². The van der Waals surface area contributed by atoms with Gasteiger partial charge in [-0.2, -0.15) is 0 Å². The first kappa shape index (κ1) is 9.43. The molecule has 0 amide bonds. The van der Waals surface area contributed by atoms with Crippen LogP contribution in [0.4, 0.5) is 0 Å². The Labute approximate surface area is 86.7 Å². The molecule has 5 heteroatoms. The lowest BCUT2D eigenvalue weighted by Gasteiger charge is -2.04. The van der Waals surface area contributed by atoms with Gasteiger partial charge in [-0.1, -0.05) is 11.6 Å². The van der Waals surface area contributed by atoms with E-state index < -0.39 is 0 Å². The summed E-state index contributed by atoms with van der Waals surface area (Å²) in [6.45, 7) is 0.677. The number of aryl methyl sites for hydroxylation is 1. The molecule has 0 atom stereocenters. The molecular weight excluding hydrogens is 200 g/mol. The van der Waals surface area contributed by atoms with Gasteiger partial charge in [-0.05, 0) is 25.5 Å². The molecule has 2 aromatic heterocycles. The Morgan fingerprint density at radius 1 is 1.50 bits per heavy atom. The number of rotatable bonds is 3. The summed E-state index contributed by atoms with van der Waals surface area (Å²) < 4.78 is 1.93. The molecule has 0 spiro atoms. The average molecular weight is 211 g/mol. The van der Waals surface area contributed by atoms with Gasteiger partial charge in [-0.3, -0.25) is 4.40 Å². The van der Waals surface area contributed by atoms with Gasteiger partial charge < -0.3 is 5.73 Å². The number of imidazole rings is 1. The van der Waals surface area contributed by atoms with Crippen molar-refractivity contribution in [1.82, 2.24) is 14.4 Å². The third-order valence-electron chi connectivity index (χ3n) is 2.06. The maximum absolute atomic E-state index is 5.86. The molecule has 2 rings (SSSR count). The van der Waals surface area contributed by atoms with E-state index in [0.717, 1.165) is 18.5 Å². The molecule has 14 heavy (non-hydrogen) atoms. The minimum absolute atomic E-state index is 0.482. The van der Waals surface area contributed by atoms with Crippen molar-refractivity contribution in [3.63, 3.8) is 0 Å². The van der Waals surface area contributed by atoms with E-state index in [9.17, 15) is 0 Å². The highest BCUT2D eigenvalue weighted by Crippen LogP contribution is 2.12. The Hall–Kier alpha value is -1.13. The normalized spacial score (nSPS) is 11.0. The standard InChI is InChI=1S/C9H11ClN4/c10-8-6-7(2-1-3-11)14-5-4-12-9(14)13-8/h4-6H,1-3,11H2. The second-order valence-electron chi connectivity index (χ2n) is 3.06. The molecule has 2 N–H and O–H groups in total. The predicted molar refractivity (Wildman–Crippen MR) is 55.4 cm³/mol. The van der Waals surface area contributed by atoms with Crippen LogP contribution in [0.3, 0.4) is 0 Å². The van der Waals surface area contributed by atoms with Crippen molar-refractivity contribution < 1.29 is 0 Å². The molecule has 0 aliphatic rings. The molecule has 0 fully saturated rings. The highest BCUT2D eigenvalue weighted by Gasteiger charge is 2.03. The van der Waals surface area contributed by atoms with Crippen LogP contribution in [0.5, 0.6) is 0 Å². The third kappa shape index (κ3) is 1.71. The molecule has 0 aromatic carbocycles. The van der Waals surface area contributed by atoms with E-state index in [0.29, 0.717) is 17.5 Å². The zero-order chi connectivity index (χ0) is 9.97. The molecule has 4 nitrogen and oxygen atoms in total. The van der Waals surface area contributed by atoms with E-state index in [1.165, 1.54) is 0 Å². The Balaban J connectivity index is 2.44. The van der Waals surface area contributed by atoms with Crippen LogP contribution in [0.15, 0.2) is 18.5 Å². The highest BCUT2D eigenvalue weighted by atomic mass is 35.5. The maximum Gasteiger partial charge on any atom is 0.235 e. The quantitative estimate of drug-likeness (QED) is 0.777. The lowest BCUT2D eigenvalue weighted by molar-refractivity contribution is 0.793. The third-order valence-corrected chi connectivity index (χ3v) is 2.25. The van der Waals surface area contributed by atoms with E-state index in [2.05, 4.69) is 9.97 Å². The van der Waals surface area contributed by atoms with E-state index in [4.69, 9.17) is 17.3 Å².